The van der Waals surface area contributed by atoms with Crippen LogP contribution in [0.1, 0.15) is 5.56 Å². The van der Waals surface area contributed by atoms with Crippen LogP contribution in [0, 0.1) is 15.9 Å². The van der Waals surface area contributed by atoms with Crippen molar-refractivity contribution in [1.29, 1.82) is 0 Å². The Morgan fingerprint density at radius 2 is 1.76 bits per heavy atom. The molecule has 0 aliphatic carbocycles. The molecule has 2 aromatic carbocycles. The maximum Gasteiger partial charge on any atom is 0.419 e. The van der Waals surface area contributed by atoms with Gasteiger partial charge in [0.15, 0.2) is 5.75 Å². The van der Waals surface area contributed by atoms with Crippen molar-refractivity contribution >= 4 is 21.4 Å². The number of alkyl halides is 3. The number of halogens is 4. The van der Waals surface area contributed by atoms with Crippen molar-refractivity contribution in [3.63, 3.8) is 0 Å². The normalized spacial score (nSPS) is 12.0. The molecule has 0 fully saturated rings. The number of nitro groups is 1. The lowest BCUT2D eigenvalue weighted by Crippen LogP contribution is -2.15. The zero-order valence-corrected chi connectivity index (χ0v) is 12.7. The number of nitrogens with one attached hydrogen (secondary N) is 1. The summed E-state index contributed by atoms with van der Waals surface area (Å²) in [4.78, 5) is 9.01. The second kappa shape index (κ2) is 6.20. The van der Waals surface area contributed by atoms with Crippen LogP contribution in [0.25, 0.3) is 0 Å². The van der Waals surface area contributed by atoms with Crippen molar-refractivity contribution < 1.29 is 36.0 Å². The average molecular weight is 380 g/mol. The Bertz CT molecular complexity index is 944. The minimum Gasteiger partial charge on any atom is -0.502 e. The molecule has 0 aromatic heterocycles. The Balaban J connectivity index is 2.43. The Morgan fingerprint density at radius 1 is 1.12 bits per heavy atom. The van der Waals surface area contributed by atoms with Gasteiger partial charge in [-0.3, -0.25) is 14.8 Å². The second-order valence-corrected chi connectivity index (χ2v) is 6.39. The summed E-state index contributed by atoms with van der Waals surface area (Å²) in [5.74, 6) is -2.37. The first-order valence-corrected chi connectivity index (χ1v) is 7.77. The molecule has 0 aliphatic heterocycles. The quantitative estimate of drug-likeness (QED) is 0.481. The van der Waals surface area contributed by atoms with Crippen LogP contribution in [0.3, 0.4) is 0 Å². The van der Waals surface area contributed by atoms with E-state index in [1.807, 2.05) is 0 Å². The third-order valence-electron chi connectivity index (χ3n) is 2.98. The number of nitrogens with zero attached hydrogens (tertiary/aromatic N) is 1. The molecule has 12 heteroatoms. The third-order valence-corrected chi connectivity index (χ3v) is 4.36. The lowest BCUT2D eigenvalue weighted by molar-refractivity contribution is -0.386. The van der Waals surface area contributed by atoms with Crippen molar-refractivity contribution in [1.82, 2.24) is 0 Å². The first-order chi connectivity index (χ1) is 11.4. The number of rotatable bonds is 4. The van der Waals surface area contributed by atoms with Crippen molar-refractivity contribution in [2.45, 2.75) is 11.1 Å². The molecule has 2 aromatic rings. The van der Waals surface area contributed by atoms with E-state index in [9.17, 15) is 41.2 Å². The fraction of sp³-hybridized carbons (Fsp3) is 0.0769. The Kier molecular flexibility index (Phi) is 4.57. The minimum atomic E-state index is -5.04. The smallest absolute Gasteiger partial charge is 0.419 e. The molecule has 0 amide bonds. The summed E-state index contributed by atoms with van der Waals surface area (Å²) in [7, 11) is -4.52. The standard InChI is InChI=1S/C13H8F4N2O5S/c14-10-3-1-7(5-9(10)13(15,16)17)18-25(23,24)8-2-4-12(20)11(6-8)19(21)22/h1-6,18,20H. The summed E-state index contributed by atoms with van der Waals surface area (Å²) in [6.07, 6.45) is -5.04. The van der Waals surface area contributed by atoms with Crippen LogP contribution < -0.4 is 4.72 Å². The van der Waals surface area contributed by atoms with E-state index in [-0.39, 0.29) is 6.07 Å². The lowest BCUT2D eigenvalue weighted by atomic mass is 10.2. The van der Waals surface area contributed by atoms with E-state index < -0.39 is 54.5 Å². The predicted octanol–water partition coefficient (Wildman–Crippen LogP) is 3.26. The number of phenols is 1. The monoisotopic (exact) mass is 380 g/mol. The van der Waals surface area contributed by atoms with Gasteiger partial charge in [0, 0.05) is 11.8 Å². The van der Waals surface area contributed by atoms with Crippen molar-refractivity contribution in [2.75, 3.05) is 4.72 Å². The first kappa shape index (κ1) is 18.4. The highest BCUT2D eigenvalue weighted by Gasteiger charge is 2.34. The number of sulfonamides is 1. The van der Waals surface area contributed by atoms with Gasteiger partial charge in [0.1, 0.15) is 5.82 Å². The highest BCUT2D eigenvalue weighted by Crippen LogP contribution is 2.34. The molecular weight excluding hydrogens is 372 g/mol. The van der Waals surface area contributed by atoms with E-state index in [2.05, 4.69) is 0 Å². The number of hydrogen-bond donors (Lipinski definition) is 2. The zero-order chi connectivity index (χ0) is 19.0. The second-order valence-electron chi connectivity index (χ2n) is 4.71. The topological polar surface area (TPSA) is 110 Å². The van der Waals surface area contributed by atoms with E-state index in [0.717, 1.165) is 18.2 Å². The van der Waals surface area contributed by atoms with Gasteiger partial charge in [-0.2, -0.15) is 13.2 Å². The van der Waals surface area contributed by atoms with E-state index >= 15 is 0 Å². The number of nitro benzene ring substituents is 1. The van der Waals surface area contributed by atoms with Crippen LogP contribution in [0.4, 0.5) is 28.9 Å². The number of aromatic hydroxyl groups is 1. The van der Waals surface area contributed by atoms with Gasteiger partial charge in [0.2, 0.25) is 0 Å². The molecule has 0 atom stereocenters. The van der Waals surface area contributed by atoms with Crippen molar-refractivity contribution in [3.8, 4) is 5.75 Å². The highest BCUT2D eigenvalue weighted by molar-refractivity contribution is 7.92. The van der Waals surface area contributed by atoms with Gasteiger partial charge < -0.3 is 5.11 Å². The molecule has 25 heavy (non-hydrogen) atoms. The molecule has 134 valence electrons. The van der Waals surface area contributed by atoms with Gasteiger partial charge in [0.25, 0.3) is 10.0 Å². The van der Waals surface area contributed by atoms with Gasteiger partial charge in [-0.25, -0.2) is 12.8 Å². The fourth-order valence-electron chi connectivity index (χ4n) is 1.84. The molecule has 0 saturated heterocycles. The molecule has 0 spiro atoms. The number of anilines is 1. The number of hydrogen-bond acceptors (Lipinski definition) is 5. The Morgan fingerprint density at radius 3 is 2.32 bits per heavy atom. The summed E-state index contributed by atoms with van der Waals surface area (Å²) in [6.45, 7) is 0. The summed E-state index contributed by atoms with van der Waals surface area (Å²) in [6, 6.07) is 3.54. The molecule has 2 N–H and O–H groups in total. The van der Waals surface area contributed by atoms with Crippen LogP contribution >= 0.6 is 0 Å². The largest absolute Gasteiger partial charge is 0.502 e. The highest BCUT2D eigenvalue weighted by atomic mass is 32.2. The molecule has 2 rings (SSSR count). The molecule has 0 aliphatic rings. The van der Waals surface area contributed by atoms with Gasteiger partial charge in [-0.15, -0.1) is 0 Å². The molecule has 0 bridgehead atoms. The maximum absolute atomic E-state index is 13.2. The summed E-state index contributed by atoms with van der Waals surface area (Å²) < 4.78 is 77.2. The van der Waals surface area contributed by atoms with E-state index in [1.54, 1.807) is 4.72 Å². The maximum atomic E-state index is 13.2. The van der Waals surface area contributed by atoms with Crippen molar-refractivity contribution in [2.24, 2.45) is 0 Å². The summed E-state index contributed by atoms with van der Waals surface area (Å²) >= 11 is 0. The fourth-order valence-corrected chi connectivity index (χ4v) is 2.91. The van der Waals surface area contributed by atoms with Gasteiger partial charge in [0.05, 0.1) is 15.4 Å². The molecule has 0 saturated carbocycles. The average Bonchev–Trinajstić information content (AvgIpc) is 2.47. The molecule has 7 nitrogen and oxygen atoms in total. The van der Waals surface area contributed by atoms with Crippen LogP contribution in [0.2, 0.25) is 0 Å². The summed E-state index contributed by atoms with van der Waals surface area (Å²) in [5, 5.41) is 20.0. The molecular formula is C13H8F4N2O5S. The van der Waals surface area contributed by atoms with Crippen molar-refractivity contribution in [3.05, 3.63) is 57.9 Å². The minimum absolute atomic E-state index is 0.252. The van der Waals surface area contributed by atoms with Crippen LogP contribution in [-0.2, 0) is 16.2 Å². The number of phenolic OH excluding ortho intramolecular Hbond substituents is 1. The van der Waals surface area contributed by atoms with Gasteiger partial charge >= 0.3 is 11.9 Å². The van der Waals surface area contributed by atoms with Crippen LogP contribution in [-0.4, -0.2) is 18.4 Å². The SMILES string of the molecule is O=[N+]([O-])c1cc(S(=O)(=O)Nc2ccc(F)c(C(F)(F)F)c2)ccc1O. The zero-order valence-electron chi connectivity index (χ0n) is 11.9. The van der Waals surface area contributed by atoms with Crippen LogP contribution in [0.5, 0.6) is 5.75 Å². The Labute approximate surface area is 137 Å². The summed E-state index contributed by atoms with van der Waals surface area (Å²) in [5.41, 5.74) is -3.17. The van der Waals surface area contributed by atoms with E-state index in [4.69, 9.17) is 0 Å². The van der Waals surface area contributed by atoms with E-state index in [0.29, 0.717) is 12.1 Å². The molecule has 0 radical (unpaired) electrons. The van der Waals surface area contributed by atoms with Gasteiger partial charge in [-0.05, 0) is 30.3 Å². The molecule has 0 unspecified atom stereocenters. The van der Waals surface area contributed by atoms with E-state index in [1.165, 1.54) is 0 Å². The lowest BCUT2D eigenvalue weighted by Gasteiger charge is -2.12. The Hall–Kier alpha value is -2.89. The first-order valence-electron chi connectivity index (χ1n) is 6.29. The predicted molar refractivity (Wildman–Crippen MR) is 77.0 cm³/mol. The number of benzene rings is 2. The molecule has 0 heterocycles. The van der Waals surface area contributed by atoms with Gasteiger partial charge in [-0.1, -0.05) is 0 Å². The van der Waals surface area contributed by atoms with Crippen LogP contribution in [0.15, 0.2) is 41.3 Å². The third kappa shape index (κ3) is 3.96.